The van der Waals surface area contributed by atoms with Gasteiger partial charge in [0.25, 0.3) is 5.91 Å². The Kier molecular flexibility index (Phi) is 6.67. The molecule has 1 aromatic heterocycles. The largest absolute Gasteiger partial charge is 0.355 e. The lowest BCUT2D eigenvalue weighted by molar-refractivity contribution is -0.118. The first kappa shape index (κ1) is 20.3. The lowest BCUT2D eigenvalue weighted by Crippen LogP contribution is -2.35. The summed E-state index contributed by atoms with van der Waals surface area (Å²) in [6, 6.07) is 11.3. The van der Waals surface area contributed by atoms with E-state index in [9.17, 15) is 9.59 Å². The van der Waals surface area contributed by atoms with Crippen LogP contribution >= 0.6 is 15.9 Å². The summed E-state index contributed by atoms with van der Waals surface area (Å²) >= 11 is 3.40. The maximum absolute atomic E-state index is 12.7. The molecular formula is C21H25BrN4O2. The van der Waals surface area contributed by atoms with Crippen LogP contribution in [0.2, 0.25) is 0 Å². The molecule has 0 unspecified atom stereocenters. The van der Waals surface area contributed by atoms with Gasteiger partial charge < -0.3 is 15.1 Å². The number of carbonyl (C=O) groups is 2. The third-order valence-electron chi connectivity index (χ3n) is 4.74. The van der Waals surface area contributed by atoms with E-state index in [4.69, 9.17) is 0 Å². The second-order valence-corrected chi connectivity index (χ2v) is 8.10. The molecule has 148 valence electrons. The van der Waals surface area contributed by atoms with Crippen LogP contribution in [0.1, 0.15) is 30.6 Å². The number of pyridine rings is 1. The van der Waals surface area contributed by atoms with Crippen molar-refractivity contribution in [3.05, 3.63) is 52.6 Å². The minimum Gasteiger partial charge on any atom is -0.355 e. The summed E-state index contributed by atoms with van der Waals surface area (Å²) in [6.07, 6.45) is 2.57. The number of hydrogen-bond acceptors (Lipinski definition) is 4. The van der Waals surface area contributed by atoms with Crippen molar-refractivity contribution in [3.63, 3.8) is 0 Å². The first-order valence-electron chi connectivity index (χ1n) is 9.51. The summed E-state index contributed by atoms with van der Waals surface area (Å²) in [6.45, 7) is 6.67. The second-order valence-electron chi connectivity index (χ2n) is 7.19. The van der Waals surface area contributed by atoms with E-state index in [1.54, 1.807) is 6.20 Å². The van der Waals surface area contributed by atoms with E-state index >= 15 is 0 Å². The predicted octanol–water partition coefficient (Wildman–Crippen LogP) is 3.79. The first-order valence-corrected chi connectivity index (χ1v) is 10.3. The van der Waals surface area contributed by atoms with Crippen LogP contribution in [0, 0.1) is 5.92 Å². The Balaban J connectivity index is 1.61. The van der Waals surface area contributed by atoms with E-state index < -0.39 is 0 Å². The van der Waals surface area contributed by atoms with Crippen molar-refractivity contribution in [2.45, 2.75) is 20.3 Å². The zero-order chi connectivity index (χ0) is 20.1. The molecule has 1 aliphatic heterocycles. The minimum atomic E-state index is -0.0699. The van der Waals surface area contributed by atoms with Gasteiger partial charge >= 0.3 is 0 Å². The van der Waals surface area contributed by atoms with E-state index in [-0.39, 0.29) is 17.7 Å². The van der Waals surface area contributed by atoms with Crippen LogP contribution < -0.4 is 10.2 Å². The topological polar surface area (TPSA) is 65.5 Å². The summed E-state index contributed by atoms with van der Waals surface area (Å²) in [4.78, 5) is 33.1. The molecule has 1 saturated heterocycles. The van der Waals surface area contributed by atoms with Crippen molar-refractivity contribution >= 4 is 39.2 Å². The van der Waals surface area contributed by atoms with Crippen molar-refractivity contribution in [2.24, 2.45) is 5.92 Å². The molecule has 1 aliphatic rings. The second kappa shape index (κ2) is 9.19. The Hall–Kier alpha value is -2.41. The fourth-order valence-corrected chi connectivity index (χ4v) is 3.32. The van der Waals surface area contributed by atoms with Crippen LogP contribution in [0.5, 0.6) is 0 Å². The molecule has 1 N–H and O–H groups in total. The molecule has 1 aromatic carbocycles. The van der Waals surface area contributed by atoms with Gasteiger partial charge in [0.15, 0.2) is 0 Å². The number of anilines is 2. The van der Waals surface area contributed by atoms with Gasteiger partial charge in [0.05, 0.1) is 11.9 Å². The fourth-order valence-electron chi connectivity index (χ4n) is 3.06. The zero-order valence-corrected chi connectivity index (χ0v) is 17.8. The van der Waals surface area contributed by atoms with Crippen molar-refractivity contribution < 1.29 is 9.59 Å². The first-order chi connectivity index (χ1) is 13.4. The smallest absolute Gasteiger partial charge is 0.253 e. The highest BCUT2D eigenvalue weighted by molar-refractivity contribution is 9.10. The van der Waals surface area contributed by atoms with E-state index in [2.05, 4.69) is 31.1 Å². The molecule has 7 heteroatoms. The van der Waals surface area contributed by atoms with E-state index in [1.807, 2.05) is 55.1 Å². The monoisotopic (exact) mass is 444 g/mol. The van der Waals surface area contributed by atoms with Gasteiger partial charge in [-0.2, -0.15) is 0 Å². The van der Waals surface area contributed by atoms with Crippen LogP contribution in [0.15, 0.2) is 47.1 Å². The van der Waals surface area contributed by atoms with Crippen molar-refractivity contribution in [1.82, 2.24) is 9.88 Å². The SMILES string of the molecule is CC(C)C(=O)Nc1ccc(N2CCCN(C(=O)c3ccc(Br)cc3)CC2)nc1. The van der Waals surface area contributed by atoms with Crippen LogP contribution in [0.3, 0.4) is 0 Å². The number of benzene rings is 1. The number of halogens is 1. The molecule has 0 aliphatic carbocycles. The minimum absolute atomic E-state index is 0.0218. The number of nitrogens with one attached hydrogen (secondary N) is 1. The predicted molar refractivity (Wildman–Crippen MR) is 115 cm³/mol. The molecule has 28 heavy (non-hydrogen) atoms. The number of nitrogens with zero attached hydrogens (tertiary/aromatic N) is 3. The van der Waals surface area contributed by atoms with Crippen LogP contribution in [0.4, 0.5) is 11.5 Å². The molecule has 2 aromatic rings. The standard InChI is InChI=1S/C21H25BrN4O2/c1-15(2)20(27)24-18-8-9-19(23-14-18)25-10-3-11-26(13-12-25)21(28)16-4-6-17(22)7-5-16/h4-9,14-15H,3,10-13H2,1-2H3,(H,24,27). The Bertz CT molecular complexity index is 821. The summed E-state index contributed by atoms with van der Waals surface area (Å²) < 4.78 is 0.963. The maximum atomic E-state index is 12.7. The number of hydrogen-bond donors (Lipinski definition) is 1. The number of carbonyl (C=O) groups excluding carboxylic acids is 2. The molecule has 2 heterocycles. The van der Waals surface area contributed by atoms with E-state index in [0.717, 1.165) is 36.3 Å². The number of aromatic nitrogens is 1. The highest BCUT2D eigenvalue weighted by atomic mass is 79.9. The Morgan fingerprint density at radius 3 is 2.43 bits per heavy atom. The highest BCUT2D eigenvalue weighted by Crippen LogP contribution is 2.18. The Morgan fingerprint density at radius 2 is 1.79 bits per heavy atom. The van der Waals surface area contributed by atoms with Gasteiger partial charge in [-0.3, -0.25) is 9.59 Å². The fraction of sp³-hybridized carbons (Fsp3) is 0.381. The van der Waals surface area contributed by atoms with Gasteiger partial charge in [0.1, 0.15) is 5.82 Å². The summed E-state index contributed by atoms with van der Waals surface area (Å²) in [5.41, 5.74) is 1.41. The average molecular weight is 445 g/mol. The molecule has 3 rings (SSSR count). The van der Waals surface area contributed by atoms with Crippen molar-refractivity contribution in [2.75, 3.05) is 36.4 Å². The molecule has 0 spiro atoms. The van der Waals surface area contributed by atoms with Crippen molar-refractivity contribution in [3.8, 4) is 0 Å². The maximum Gasteiger partial charge on any atom is 0.253 e. The van der Waals surface area contributed by atoms with Gasteiger partial charge in [0.2, 0.25) is 5.91 Å². The van der Waals surface area contributed by atoms with Gasteiger partial charge in [-0.05, 0) is 42.8 Å². The molecule has 1 fully saturated rings. The molecule has 0 bridgehead atoms. The zero-order valence-electron chi connectivity index (χ0n) is 16.2. The van der Waals surface area contributed by atoms with Crippen LogP contribution in [0.25, 0.3) is 0 Å². The molecular weight excluding hydrogens is 420 g/mol. The summed E-state index contributed by atoms with van der Waals surface area (Å²) in [5.74, 6) is 0.834. The van der Waals surface area contributed by atoms with Gasteiger partial charge in [-0.15, -0.1) is 0 Å². The van der Waals surface area contributed by atoms with Crippen molar-refractivity contribution in [1.29, 1.82) is 0 Å². The van der Waals surface area contributed by atoms with E-state index in [1.165, 1.54) is 0 Å². The Morgan fingerprint density at radius 1 is 1.04 bits per heavy atom. The lowest BCUT2D eigenvalue weighted by atomic mass is 10.2. The molecule has 6 nitrogen and oxygen atoms in total. The molecule has 0 radical (unpaired) electrons. The van der Waals surface area contributed by atoms with Gasteiger partial charge in [-0.1, -0.05) is 29.8 Å². The molecule has 0 saturated carbocycles. The molecule has 2 amide bonds. The highest BCUT2D eigenvalue weighted by Gasteiger charge is 2.21. The number of rotatable bonds is 4. The summed E-state index contributed by atoms with van der Waals surface area (Å²) in [7, 11) is 0. The Labute approximate surface area is 174 Å². The van der Waals surface area contributed by atoms with Gasteiger partial charge in [0, 0.05) is 42.1 Å². The van der Waals surface area contributed by atoms with Crippen LogP contribution in [-0.4, -0.2) is 47.9 Å². The average Bonchev–Trinajstić information content (AvgIpc) is 2.95. The number of amides is 2. The van der Waals surface area contributed by atoms with Crippen LogP contribution in [-0.2, 0) is 4.79 Å². The van der Waals surface area contributed by atoms with E-state index in [0.29, 0.717) is 17.8 Å². The lowest BCUT2D eigenvalue weighted by Gasteiger charge is -2.23. The molecule has 0 atom stereocenters. The quantitative estimate of drug-likeness (QED) is 0.778. The third kappa shape index (κ3) is 5.10. The van der Waals surface area contributed by atoms with Gasteiger partial charge in [-0.25, -0.2) is 4.98 Å². The summed E-state index contributed by atoms with van der Waals surface area (Å²) in [5, 5.41) is 2.85. The normalized spacial score (nSPS) is 14.7. The third-order valence-corrected chi connectivity index (χ3v) is 5.27.